The molecule has 2 aromatic heterocycles. The molecule has 4 atom stereocenters. The molecule has 0 aliphatic carbocycles. The van der Waals surface area contributed by atoms with Crippen LogP contribution < -0.4 is 21.3 Å². The lowest BCUT2D eigenvalue weighted by Gasteiger charge is -2.27. The van der Waals surface area contributed by atoms with E-state index in [0.717, 1.165) is 44.2 Å². The molecule has 0 fully saturated rings. The van der Waals surface area contributed by atoms with Crippen LogP contribution >= 0.6 is 0 Å². The average Bonchev–Trinajstić information content (AvgIpc) is 3.67. The van der Waals surface area contributed by atoms with Crippen LogP contribution in [0.1, 0.15) is 22.4 Å². The van der Waals surface area contributed by atoms with Crippen LogP contribution in [0.5, 0.6) is 0 Å². The first kappa shape index (κ1) is 31.5. The van der Waals surface area contributed by atoms with Crippen LogP contribution in [-0.2, 0) is 45.0 Å². The van der Waals surface area contributed by atoms with E-state index in [2.05, 4.69) is 31.2 Å². The fraction of sp³-hybridized carbons (Fsp3) is 0.257. The van der Waals surface area contributed by atoms with Gasteiger partial charge >= 0.3 is 5.97 Å². The molecular weight excluding hydrogens is 600 g/mol. The normalized spacial score (nSPS) is 16.1. The van der Waals surface area contributed by atoms with Crippen molar-refractivity contribution in [1.29, 1.82) is 0 Å². The third-order valence-electron chi connectivity index (χ3n) is 8.60. The number of aliphatic carboxylic acids is 1. The Labute approximate surface area is 269 Å². The lowest BCUT2D eigenvalue weighted by Crippen LogP contribution is -2.59. The van der Waals surface area contributed by atoms with Crippen molar-refractivity contribution in [2.24, 2.45) is 0 Å². The number of aliphatic hydroxyl groups excluding tert-OH is 1. The minimum atomic E-state index is -1.35. The van der Waals surface area contributed by atoms with Gasteiger partial charge in [-0.25, -0.2) is 4.79 Å². The number of aromatic amines is 2. The number of H-pyrrole nitrogens is 2. The lowest BCUT2D eigenvalue weighted by molar-refractivity contribution is -0.142. The van der Waals surface area contributed by atoms with Crippen molar-refractivity contribution in [1.82, 2.24) is 31.2 Å². The zero-order valence-electron chi connectivity index (χ0n) is 25.5. The van der Waals surface area contributed by atoms with Gasteiger partial charge in [-0.2, -0.15) is 0 Å². The summed E-state index contributed by atoms with van der Waals surface area (Å²) in [6, 6.07) is 19.8. The fourth-order valence-electron chi connectivity index (χ4n) is 6.12. The Bertz CT molecular complexity index is 1920. The highest BCUT2D eigenvalue weighted by Gasteiger charge is 2.33. The summed E-state index contributed by atoms with van der Waals surface area (Å²) in [5.74, 6) is -3.18. The van der Waals surface area contributed by atoms with E-state index in [4.69, 9.17) is 0 Å². The first-order valence-corrected chi connectivity index (χ1v) is 15.5. The van der Waals surface area contributed by atoms with Gasteiger partial charge in [0.05, 0.1) is 12.6 Å². The number of para-hydroxylation sites is 2. The molecule has 1 aliphatic heterocycles. The quantitative estimate of drug-likeness (QED) is 0.102. The van der Waals surface area contributed by atoms with E-state index in [-0.39, 0.29) is 12.8 Å². The number of fused-ring (bicyclic) bond motifs is 4. The van der Waals surface area contributed by atoms with Gasteiger partial charge < -0.3 is 36.1 Å². The van der Waals surface area contributed by atoms with Gasteiger partial charge in [0.25, 0.3) is 0 Å². The van der Waals surface area contributed by atoms with Crippen LogP contribution in [0.3, 0.4) is 0 Å². The highest BCUT2D eigenvalue weighted by molar-refractivity contribution is 5.95. The third kappa shape index (κ3) is 7.03. The topological polar surface area (TPSA) is 188 Å². The first-order chi connectivity index (χ1) is 22.8. The maximum atomic E-state index is 13.6. The van der Waals surface area contributed by atoms with Gasteiger partial charge in [-0.05, 0) is 35.2 Å². The molecule has 0 spiro atoms. The van der Waals surface area contributed by atoms with E-state index in [1.807, 2.05) is 54.6 Å². The van der Waals surface area contributed by atoms with Gasteiger partial charge in [-0.3, -0.25) is 19.7 Å². The molecule has 12 heteroatoms. The minimum Gasteiger partial charge on any atom is -0.480 e. The second-order valence-electron chi connectivity index (χ2n) is 11.7. The minimum absolute atomic E-state index is 0.0128. The SMILES string of the molecule is O=C(O)[C@H](Cc1c[nH]c2ccccc12)NC(=O)[C@H](Cc1ccccc1)NC(=O)[C@H](CO)NC(=O)[C@@H]1Cc2c([nH]c3ccccc23)CN1. The van der Waals surface area contributed by atoms with Crippen molar-refractivity contribution in [3.63, 3.8) is 0 Å². The van der Waals surface area contributed by atoms with Crippen LogP contribution in [-0.4, -0.2) is 74.6 Å². The molecule has 3 aromatic carbocycles. The van der Waals surface area contributed by atoms with Crippen LogP contribution in [0, 0.1) is 0 Å². The highest BCUT2D eigenvalue weighted by atomic mass is 16.4. The second-order valence-corrected chi connectivity index (χ2v) is 11.7. The number of amides is 3. The summed E-state index contributed by atoms with van der Waals surface area (Å²) in [5, 5.41) is 33.0. The summed E-state index contributed by atoms with van der Waals surface area (Å²) < 4.78 is 0. The molecule has 5 aromatic rings. The molecule has 0 bridgehead atoms. The molecule has 3 heterocycles. The molecule has 3 amide bonds. The lowest BCUT2D eigenvalue weighted by atomic mass is 9.98. The van der Waals surface area contributed by atoms with Gasteiger partial charge in [-0.1, -0.05) is 66.7 Å². The van der Waals surface area contributed by atoms with Gasteiger partial charge in [-0.15, -0.1) is 0 Å². The van der Waals surface area contributed by atoms with Crippen molar-refractivity contribution in [3.8, 4) is 0 Å². The fourth-order valence-corrected chi connectivity index (χ4v) is 6.12. The summed E-state index contributed by atoms with van der Waals surface area (Å²) >= 11 is 0. The first-order valence-electron chi connectivity index (χ1n) is 15.5. The molecule has 6 rings (SSSR count). The zero-order chi connectivity index (χ0) is 32.9. The summed E-state index contributed by atoms with van der Waals surface area (Å²) in [6.07, 6.45) is 2.17. The summed E-state index contributed by atoms with van der Waals surface area (Å²) in [7, 11) is 0. The van der Waals surface area contributed by atoms with E-state index in [0.29, 0.717) is 13.0 Å². The molecule has 8 N–H and O–H groups in total. The van der Waals surface area contributed by atoms with Crippen molar-refractivity contribution < 1.29 is 29.4 Å². The molecule has 0 radical (unpaired) electrons. The Morgan fingerprint density at radius 1 is 0.766 bits per heavy atom. The number of carboxylic acid groups (broad SMARTS) is 1. The summed E-state index contributed by atoms with van der Waals surface area (Å²) in [6.45, 7) is -0.276. The molecule has 0 saturated carbocycles. The Morgan fingerprint density at radius 2 is 1.43 bits per heavy atom. The van der Waals surface area contributed by atoms with Crippen LogP contribution in [0.25, 0.3) is 21.8 Å². The van der Waals surface area contributed by atoms with E-state index >= 15 is 0 Å². The van der Waals surface area contributed by atoms with E-state index < -0.39 is 54.5 Å². The number of carbonyl (C=O) groups excluding carboxylic acids is 3. The zero-order valence-corrected chi connectivity index (χ0v) is 25.5. The second kappa shape index (κ2) is 13.9. The Morgan fingerprint density at radius 3 is 2.17 bits per heavy atom. The van der Waals surface area contributed by atoms with Crippen molar-refractivity contribution >= 4 is 45.5 Å². The van der Waals surface area contributed by atoms with E-state index in [9.17, 15) is 29.4 Å². The molecule has 47 heavy (non-hydrogen) atoms. The number of carboxylic acids is 1. The Hall–Kier alpha value is -5.46. The number of hydrogen-bond acceptors (Lipinski definition) is 6. The number of benzene rings is 3. The highest BCUT2D eigenvalue weighted by Crippen LogP contribution is 2.26. The van der Waals surface area contributed by atoms with Crippen molar-refractivity contribution in [2.45, 2.75) is 50.0 Å². The van der Waals surface area contributed by atoms with Crippen LogP contribution in [0.2, 0.25) is 0 Å². The summed E-state index contributed by atoms with van der Waals surface area (Å²) in [4.78, 5) is 59.1. The Balaban J connectivity index is 1.14. The number of rotatable bonds is 12. The third-order valence-corrected chi connectivity index (χ3v) is 8.60. The predicted molar refractivity (Wildman–Crippen MR) is 175 cm³/mol. The van der Waals surface area contributed by atoms with Crippen LogP contribution in [0.15, 0.2) is 85.1 Å². The van der Waals surface area contributed by atoms with Gasteiger partial charge in [0.1, 0.15) is 18.1 Å². The number of nitrogens with one attached hydrogen (secondary N) is 6. The molecule has 0 unspecified atom stereocenters. The molecule has 12 nitrogen and oxygen atoms in total. The van der Waals surface area contributed by atoms with Gasteiger partial charge in [0, 0.05) is 53.1 Å². The molecule has 242 valence electrons. The van der Waals surface area contributed by atoms with E-state index in [1.165, 1.54) is 0 Å². The van der Waals surface area contributed by atoms with Crippen molar-refractivity contribution in [3.05, 3.63) is 107 Å². The number of carbonyl (C=O) groups is 4. The maximum absolute atomic E-state index is 13.6. The number of hydrogen-bond donors (Lipinski definition) is 8. The Kier molecular flexibility index (Phi) is 9.32. The van der Waals surface area contributed by atoms with Gasteiger partial charge in [0.15, 0.2) is 0 Å². The monoisotopic (exact) mass is 636 g/mol. The smallest absolute Gasteiger partial charge is 0.326 e. The molecule has 0 saturated heterocycles. The van der Waals surface area contributed by atoms with Crippen molar-refractivity contribution in [2.75, 3.05) is 6.61 Å². The summed E-state index contributed by atoms with van der Waals surface area (Å²) in [5.41, 5.74) is 5.27. The van der Waals surface area contributed by atoms with Gasteiger partial charge in [0.2, 0.25) is 17.7 Å². The molecule has 1 aliphatic rings. The van der Waals surface area contributed by atoms with E-state index in [1.54, 1.807) is 30.5 Å². The molecular formula is C35H36N6O6. The van der Waals surface area contributed by atoms with Crippen LogP contribution in [0.4, 0.5) is 0 Å². The maximum Gasteiger partial charge on any atom is 0.326 e. The average molecular weight is 637 g/mol. The largest absolute Gasteiger partial charge is 0.480 e. The number of aliphatic hydroxyl groups is 1. The standard InChI is InChI=1S/C35H36N6O6/c42-19-31(41-32(43)27-16-24-23-11-5-7-13-26(23)38-30(24)18-37-27)34(45)39-28(14-20-8-2-1-3-9-20)33(44)40-29(35(46)47)15-21-17-36-25-12-6-4-10-22(21)25/h1-13,17,27-29,31,36-38,42H,14-16,18-19H2,(H,39,45)(H,40,44)(H,41,43)(H,46,47)/t27-,28-,29-,31-/m0/s1. The predicted octanol–water partition coefficient (Wildman–Crippen LogP) is 1.68. The number of aromatic nitrogens is 2.